The molecule has 0 spiro atoms. The molecule has 1 atom stereocenters. The zero-order valence-corrected chi connectivity index (χ0v) is 11.8. The van der Waals surface area contributed by atoms with E-state index in [1.165, 1.54) is 11.1 Å². The van der Waals surface area contributed by atoms with E-state index in [0.29, 0.717) is 6.04 Å². The van der Waals surface area contributed by atoms with Gasteiger partial charge in [-0.2, -0.15) is 0 Å². The highest BCUT2D eigenvalue weighted by Gasteiger charge is 2.24. The van der Waals surface area contributed by atoms with Gasteiger partial charge in [0, 0.05) is 17.2 Å². The number of fused-ring (bicyclic) bond motifs is 1. The fraction of sp³-hybridized carbons (Fsp3) is 0.727. The number of hydrogen-bond donors (Lipinski definition) is 1. The summed E-state index contributed by atoms with van der Waals surface area (Å²) in [6.45, 7) is 3.02. The smallest absolute Gasteiger partial charge is 0.153 e. The molecular weight excluding hydrogens is 256 g/mol. The number of nitrogens with zero attached hydrogens (tertiary/aromatic N) is 1. The molecule has 1 aliphatic carbocycles. The molecule has 1 heterocycles. The summed E-state index contributed by atoms with van der Waals surface area (Å²) < 4.78 is 22.5. The Kier molecular flexibility index (Phi) is 3.85. The SMILES string of the molecule is CCNC1CCCc2nc(CS(C)(=O)=O)sc21. The lowest BCUT2D eigenvalue weighted by Gasteiger charge is -2.21. The van der Waals surface area contributed by atoms with Crippen LogP contribution in [-0.4, -0.2) is 26.2 Å². The molecule has 0 aliphatic heterocycles. The third-order valence-corrected chi connectivity index (χ3v) is 5.02. The number of sulfone groups is 1. The lowest BCUT2D eigenvalue weighted by atomic mass is 9.98. The van der Waals surface area contributed by atoms with Crippen LogP contribution in [0.15, 0.2) is 0 Å². The molecule has 1 N–H and O–H groups in total. The van der Waals surface area contributed by atoms with Gasteiger partial charge in [-0.25, -0.2) is 13.4 Å². The van der Waals surface area contributed by atoms with Gasteiger partial charge in [-0.3, -0.25) is 0 Å². The molecule has 6 heteroatoms. The van der Waals surface area contributed by atoms with Crippen molar-refractivity contribution in [2.75, 3.05) is 12.8 Å². The largest absolute Gasteiger partial charge is 0.309 e. The van der Waals surface area contributed by atoms with Crippen molar-refractivity contribution >= 4 is 21.2 Å². The first-order chi connectivity index (χ1) is 7.99. The molecule has 4 nitrogen and oxygen atoms in total. The monoisotopic (exact) mass is 274 g/mol. The molecule has 0 saturated carbocycles. The van der Waals surface area contributed by atoms with Gasteiger partial charge >= 0.3 is 0 Å². The summed E-state index contributed by atoms with van der Waals surface area (Å²) in [7, 11) is -2.98. The van der Waals surface area contributed by atoms with Gasteiger partial charge in [-0.1, -0.05) is 6.92 Å². The van der Waals surface area contributed by atoms with Crippen LogP contribution in [0.5, 0.6) is 0 Å². The van der Waals surface area contributed by atoms with Crippen molar-refractivity contribution in [3.8, 4) is 0 Å². The first-order valence-corrected chi connectivity index (χ1v) is 8.77. The van der Waals surface area contributed by atoms with E-state index in [4.69, 9.17) is 0 Å². The Morgan fingerprint density at radius 1 is 1.53 bits per heavy atom. The van der Waals surface area contributed by atoms with Crippen molar-refractivity contribution < 1.29 is 8.42 Å². The number of thiazole rings is 1. The topological polar surface area (TPSA) is 59.1 Å². The Labute approximate surface area is 106 Å². The van der Waals surface area contributed by atoms with Crippen LogP contribution in [0.2, 0.25) is 0 Å². The van der Waals surface area contributed by atoms with Gasteiger partial charge in [0.25, 0.3) is 0 Å². The van der Waals surface area contributed by atoms with Gasteiger partial charge < -0.3 is 5.32 Å². The first-order valence-electron chi connectivity index (χ1n) is 5.89. The summed E-state index contributed by atoms with van der Waals surface area (Å²) in [4.78, 5) is 5.71. The normalized spacial score (nSPS) is 20.2. The van der Waals surface area contributed by atoms with Gasteiger partial charge in [0.05, 0.1) is 5.69 Å². The second-order valence-corrected chi connectivity index (χ2v) is 7.75. The van der Waals surface area contributed by atoms with Crippen LogP contribution in [0.4, 0.5) is 0 Å². The quantitative estimate of drug-likeness (QED) is 0.907. The fourth-order valence-corrected chi connectivity index (χ4v) is 4.61. The van der Waals surface area contributed by atoms with Crippen LogP contribution < -0.4 is 5.32 Å². The van der Waals surface area contributed by atoms with E-state index < -0.39 is 9.84 Å². The first kappa shape index (κ1) is 13.0. The summed E-state index contributed by atoms with van der Waals surface area (Å²) in [5.41, 5.74) is 1.10. The number of rotatable bonds is 4. The predicted octanol–water partition coefficient (Wildman–Crippen LogP) is 1.67. The van der Waals surface area contributed by atoms with Gasteiger partial charge in [0.2, 0.25) is 0 Å². The molecule has 0 bridgehead atoms. The van der Waals surface area contributed by atoms with E-state index in [-0.39, 0.29) is 5.75 Å². The molecule has 1 aromatic heterocycles. The maximum Gasteiger partial charge on any atom is 0.153 e. The Balaban J connectivity index is 2.24. The minimum absolute atomic E-state index is 0.0729. The van der Waals surface area contributed by atoms with E-state index >= 15 is 0 Å². The summed E-state index contributed by atoms with van der Waals surface area (Å²) in [6, 6.07) is 0.370. The van der Waals surface area contributed by atoms with Crippen molar-refractivity contribution in [2.24, 2.45) is 0 Å². The summed E-state index contributed by atoms with van der Waals surface area (Å²) in [6.07, 6.45) is 4.50. The highest BCUT2D eigenvalue weighted by atomic mass is 32.2. The fourth-order valence-electron chi connectivity index (χ4n) is 2.20. The van der Waals surface area contributed by atoms with Crippen molar-refractivity contribution in [1.82, 2.24) is 10.3 Å². The highest BCUT2D eigenvalue weighted by molar-refractivity contribution is 7.90. The number of nitrogens with one attached hydrogen (secondary N) is 1. The van der Waals surface area contributed by atoms with Crippen LogP contribution in [0.3, 0.4) is 0 Å². The molecule has 0 fully saturated rings. The molecule has 0 amide bonds. The van der Waals surface area contributed by atoms with E-state index in [2.05, 4.69) is 17.2 Å². The average molecular weight is 274 g/mol. The average Bonchev–Trinajstić information content (AvgIpc) is 2.58. The minimum Gasteiger partial charge on any atom is -0.309 e. The number of aromatic nitrogens is 1. The van der Waals surface area contributed by atoms with Crippen molar-refractivity contribution in [2.45, 2.75) is 38.0 Å². The molecule has 96 valence electrons. The maximum absolute atomic E-state index is 11.3. The molecule has 1 unspecified atom stereocenters. The van der Waals surface area contributed by atoms with Crippen molar-refractivity contribution in [3.63, 3.8) is 0 Å². The van der Waals surface area contributed by atoms with Crippen LogP contribution in [0, 0.1) is 0 Å². The van der Waals surface area contributed by atoms with Crippen LogP contribution in [0.25, 0.3) is 0 Å². The maximum atomic E-state index is 11.3. The Morgan fingerprint density at radius 3 is 2.94 bits per heavy atom. The molecule has 1 aliphatic rings. The second-order valence-electron chi connectivity index (χ2n) is 4.49. The summed E-state index contributed by atoms with van der Waals surface area (Å²) in [5, 5.41) is 4.18. The van der Waals surface area contributed by atoms with E-state index in [9.17, 15) is 8.42 Å². The number of aryl methyl sites for hydroxylation is 1. The highest BCUT2D eigenvalue weighted by Crippen LogP contribution is 2.34. The van der Waals surface area contributed by atoms with Crippen molar-refractivity contribution in [3.05, 3.63) is 15.6 Å². The molecular formula is C11H18N2O2S2. The standard InChI is InChI=1S/C11H18N2O2S2/c1-3-12-8-5-4-6-9-11(8)16-10(13-9)7-17(2,14)15/h8,12H,3-7H2,1-2H3. The minimum atomic E-state index is -2.98. The van der Waals surface area contributed by atoms with E-state index in [1.54, 1.807) is 11.3 Å². The van der Waals surface area contributed by atoms with Gasteiger partial charge in [-0.15, -0.1) is 11.3 Å². The predicted molar refractivity (Wildman–Crippen MR) is 70.0 cm³/mol. The molecule has 1 aromatic rings. The summed E-state index contributed by atoms with van der Waals surface area (Å²) >= 11 is 1.56. The van der Waals surface area contributed by atoms with Crippen molar-refractivity contribution in [1.29, 1.82) is 0 Å². The zero-order chi connectivity index (χ0) is 12.5. The molecule has 0 aromatic carbocycles. The van der Waals surface area contributed by atoms with E-state index in [1.807, 2.05) is 0 Å². The second kappa shape index (κ2) is 5.04. The zero-order valence-electron chi connectivity index (χ0n) is 10.2. The van der Waals surface area contributed by atoms with Crippen LogP contribution in [-0.2, 0) is 22.0 Å². The lowest BCUT2D eigenvalue weighted by molar-refractivity contribution is 0.476. The molecule has 2 rings (SSSR count). The van der Waals surface area contributed by atoms with Gasteiger partial charge in [0.15, 0.2) is 9.84 Å². The molecule has 0 saturated heterocycles. The summed E-state index contributed by atoms with van der Waals surface area (Å²) in [5.74, 6) is 0.0729. The van der Waals surface area contributed by atoms with Crippen LogP contribution >= 0.6 is 11.3 Å². The Morgan fingerprint density at radius 2 is 2.29 bits per heavy atom. The third kappa shape index (κ3) is 3.26. The Bertz CT molecular complexity index is 494. The van der Waals surface area contributed by atoms with Gasteiger partial charge in [0.1, 0.15) is 10.8 Å². The lowest BCUT2D eigenvalue weighted by Crippen LogP contribution is -2.23. The van der Waals surface area contributed by atoms with Gasteiger partial charge in [-0.05, 0) is 25.8 Å². The number of hydrogen-bond acceptors (Lipinski definition) is 5. The van der Waals surface area contributed by atoms with E-state index in [0.717, 1.165) is 36.5 Å². The van der Waals surface area contributed by atoms with Crippen LogP contribution in [0.1, 0.15) is 41.4 Å². The molecule has 17 heavy (non-hydrogen) atoms. The Hall–Kier alpha value is -0.460. The molecule has 0 radical (unpaired) electrons. The third-order valence-electron chi connectivity index (χ3n) is 2.83.